The number of carboxylic acid groups (broad SMARTS) is 7. The predicted molar refractivity (Wildman–Crippen MR) is 367 cm³/mol. The first kappa shape index (κ1) is 88.0. The van der Waals surface area contributed by atoms with E-state index in [2.05, 4.69) is 0 Å². The quantitative estimate of drug-likeness (QED) is 0.0431. The second-order valence-electron chi connectivity index (χ2n) is 21.5. The van der Waals surface area contributed by atoms with Crippen LogP contribution in [0.3, 0.4) is 0 Å². The molecular weight excluding hydrogens is 1320 g/mol. The Bertz CT molecular complexity index is 3660. The van der Waals surface area contributed by atoms with Crippen LogP contribution in [0.5, 0.6) is 34.5 Å². The number of aromatic hydroxyl groups is 4. The number of aryl methyl sites for hydroxylation is 4. The number of carbonyl (C=O) groups is 7. The largest absolute Gasteiger partial charge is 0.508 e. The number of phenolic OH excluding ortho intramolecular Hbond substituents is 4. The summed E-state index contributed by atoms with van der Waals surface area (Å²) in [5.74, 6) is -5.96. The van der Waals surface area contributed by atoms with Crippen LogP contribution in [-0.2, 0) is 72.1 Å². The number of aliphatic hydroxyl groups excluding tert-OH is 1. The molecule has 0 fully saturated rings. The Balaban J connectivity index is 0.00000112. The van der Waals surface area contributed by atoms with Crippen molar-refractivity contribution in [2.75, 3.05) is 14.2 Å². The van der Waals surface area contributed by atoms with Crippen molar-refractivity contribution < 1.29 is 110 Å². The van der Waals surface area contributed by atoms with Crippen molar-refractivity contribution in [1.82, 2.24) is 0 Å². The maximum atomic E-state index is 10.6. The van der Waals surface area contributed by atoms with Crippen molar-refractivity contribution in [3.8, 4) is 34.5 Å². The molecule has 0 aliphatic carbocycles. The summed E-state index contributed by atoms with van der Waals surface area (Å²) in [6.45, 7) is 7.42. The number of halogens is 1. The van der Waals surface area contributed by atoms with E-state index in [9.17, 15) is 54.0 Å². The maximum Gasteiger partial charge on any atom is 0.323 e. The number of hydrogen-bond donors (Lipinski definition) is 19. The third kappa shape index (κ3) is 32.7. The molecule has 0 saturated heterocycles. The molecule has 28 N–H and O–H groups in total. The second kappa shape index (κ2) is 44.7. The van der Waals surface area contributed by atoms with Gasteiger partial charge < -0.3 is 116 Å². The van der Waals surface area contributed by atoms with Crippen LogP contribution in [0.1, 0.15) is 66.6 Å². The fraction of sp³-hybridized carbons (Fsp3) is 0.299. The minimum atomic E-state index is -1.25. The normalized spacial score (nSPS) is 12.6. The van der Waals surface area contributed by atoms with E-state index in [0.29, 0.717) is 45.1 Å². The predicted octanol–water partition coefficient (Wildman–Crippen LogP) is 3.94. The summed E-state index contributed by atoms with van der Waals surface area (Å²) < 4.78 is 10.2. The number of benzene rings is 6. The fourth-order valence-electron chi connectivity index (χ4n) is 7.88. The van der Waals surface area contributed by atoms with Gasteiger partial charge in [0.05, 0.1) is 19.2 Å². The van der Waals surface area contributed by atoms with E-state index >= 15 is 0 Å². The molecular formula is C67H88ClN7O22S. The molecule has 29 nitrogen and oxygen atoms in total. The summed E-state index contributed by atoms with van der Waals surface area (Å²) >= 11 is 6.92. The zero-order chi connectivity index (χ0) is 74.0. The molecule has 7 rings (SSSR count). The summed E-state index contributed by atoms with van der Waals surface area (Å²) in [5, 5.41) is 109. The number of methoxy groups -OCH3 is 2. The van der Waals surface area contributed by atoms with E-state index in [1.807, 2.05) is 51.1 Å². The van der Waals surface area contributed by atoms with Crippen LogP contribution in [-0.4, -0.2) is 165 Å². The highest BCUT2D eigenvalue weighted by atomic mass is 35.5. The van der Waals surface area contributed by atoms with E-state index in [1.54, 1.807) is 104 Å². The highest BCUT2D eigenvalue weighted by Gasteiger charge is 2.24. The van der Waals surface area contributed by atoms with Gasteiger partial charge in [-0.2, -0.15) is 0 Å². The number of aliphatic carboxylic acids is 7. The minimum Gasteiger partial charge on any atom is -0.508 e. The number of ether oxygens (including phenoxy) is 2. The van der Waals surface area contributed by atoms with Crippen molar-refractivity contribution in [2.24, 2.45) is 40.1 Å². The molecule has 0 aliphatic heterocycles. The molecule has 0 amide bonds. The van der Waals surface area contributed by atoms with Crippen LogP contribution in [0, 0.1) is 27.7 Å². The van der Waals surface area contributed by atoms with Gasteiger partial charge in [0, 0.05) is 24.1 Å². The van der Waals surface area contributed by atoms with Gasteiger partial charge in [-0.3, -0.25) is 33.6 Å². The molecule has 1 aromatic heterocycles. The minimum absolute atomic E-state index is 0. The molecule has 0 bridgehead atoms. The first-order valence-electron chi connectivity index (χ1n) is 29.0. The van der Waals surface area contributed by atoms with Crippen molar-refractivity contribution in [3.63, 3.8) is 0 Å². The summed E-state index contributed by atoms with van der Waals surface area (Å²) in [6, 6.07) is 29.2. The lowest BCUT2D eigenvalue weighted by molar-refractivity contribution is -0.142. The lowest BCUT2D eigenvalue weighted by Crippen LogP contribution is -2.36. The number of carboxylic acids is 7. The summed E-state index contributed by atoms with van der Waals surface area (Å²) in [4.78, 5) is 73.9. The molecule has 0 radical (unpaired) electrons. The van der Waals surface area contributed by atoms with Gasteiger partial charge in [-0.1, -0.05) is 102 Å². The van der Waals surface area contributed by atoms with Gasteiger partial charge in [0.1, 0.15) is 71.4 Å². The van der Waals surface area contributed by atoms with Crippen LogP contribution in [0.25, 0.3) is 0 Å². The molecule has 8 unspecified atom stereocenters. The summed E-state index contributed by atoms with van der Waals surface area (Å²) in [5.41, 5.74) is 45.3. The molecule has 8 atom stereocenters. The number of para-hydroxylation sites is 1. The average Bonchev–Trinajstić information content (AvgIpc) is 1.22. The van der Waals surface area contributed by atoms with E-state index in [1.165, 1.54) is 30.6 Å². The molecule has 98 heavy (non-hydrogen) atoms. The number of thiophene rings is 1. The fourth-order valence-corrected chi connectivity index (χ4v) is 8.84. The van der Waals surface area contributed by atoms with Gasteiger partial charge in [-0.05, 0) is 145 Å². The zero-order valence-corrected chi connectivity index (χ0v) is 56.0. The lowest BCUT2D eigenvalue weighted by atomic mass is 10.0. The summed E-state index contributed by atoms with van der Waals surface area (Å²) in [7, 11) is 3.07. The first-order chi connectivity index (χ1) is 45.3. The lowest BCUT2D eigenvalue weighted by Gasteiger charge is -2.12. The van der Waals surface area contributed by atoms with Crippen molar-refractivity contribution >= 4 is 64.7 Å². The number of hydrogen-bond acceptors (Lipinski definition) is 22. The number of rotatable bonds is 23. The topological polar surface area (TPSA) is 594 Å². The Morgan fingerprint density at radius 1 is 0.418 bits per heavy atom. The summed E-state index contributed by atoms with van der Waals surface area (Å²) in [6.07, 6.45) is 0.155. The Hall–Kier alpha value is -9.96. The smallest absolute Gasteiger partial charge is 0.323 e. The van der Waals surface area contributed by atoms with Crippen LogP contribution in [0.15, 0.2) is 133 Å². The zero-order valence-electron chi connectivity index (χ0n) is 54.4. The molecule has 6 aromatic carbocycles. The second-order valence-corrected chi connectivity index (χ2v) is 22.9. The van der Waals surface area contributed by atoms with E-state index in [4.69, 9.17) is 102 Å². The third-order valence-electron chi connectivity index (χ3n) is 13.6. The Kier molecular flexibility index (Phi) is 40.2. The van der Waals surface area contributed by atoms with Gasteiger partial charge in [0.15, 0.2) is 11.5 Å². The van der Waals surface area contributed by atoms with Crippen LogP contribution < -0.4 is 49.6 Å². The third-order valence-corrected chi connectivity index (χ3v) is 14.8. The van der Waals surface area contributed by atoms with E-state index < -0.39 is 90.2 Å². The van der Waals surface area contributed by atoms with Crippen LogP contribution >= 0.6 is 22.9 Å². The van der Waals surface area contributed by atoms with Gasteiger partial charge in [0.2, 0.25) is 0 Å². The molecule has 0 spiro atoms. The standard InChI is InChI=1S/C11H15NO4.3C10H13NO3.C10H13NO2.C9H10ClNO3.C7H9NO3S.H2O/c1-15-9-4-3-7(6-10(9)16-2)5-8(12)11(13)14;1-6-2-3-9(12)7(4-6)5-8(11)10(13)14;1-6-2-3-7(9(12)4-6)5-8(11)10(13)14;1-6-3-2-4-7(9(6)12)5-8(11)10(13)14;1-7-4-2-3-5-8(7)6-9(11)10(12)13;10-6-3-5(1-2-8(6)12)4-7(11)9(13)14;8-5(7(10)11)6(9)4-2-1-3-12-4;/h3-4,6,8H,5,12H2,1-2H3,(H,13,14);3*2-4,8,12H,5,11H2,1H3,(H,13,14);2-5,9H,6,11H2,1H3,(H,12,13);1-3,7,12H,4,11H2,(H,13,14);1-3,5-6,9H,8H2,(H,10,11);1H2. The highest BCUT2D eigenvalue weighted by Crippen LogP contribution is 2.29. The molecule has 0 aliphatic rings. The van der Waals surface area contributed by atoms with Gasteiger partial charge >= 0.3 is 41.8 Å². The Morgan fingerprint density at radius 2 is 0.837 bits per heavy atom. The number of aliphatic hydroxyl groups is 1. The number of nitrogens with two attached hydrogens (primary N) is 7. The molecule has 536 valence electrons. The van der Waals surface area contributed by atoms with Crippen molar-refractivity contribution in [2.45, 2.75) is 115 Å². The van der Waals surface area contributed by atoms with Gasteiger partial charge in [0.25, 0.3) is 0 Å². The maximum absolute atomic E-state index is 10.6. The van der Waals surface area contributed by atoms with E-state index in [-0.39, 0.29) is 65.6 Å². The highest BCUT2D eigenvalue weighted by molar-refractivity contribution is 7.10. The van der Waals surface area contributed by atoms with Crippen molar-refractivity contribution in [1.29, 1.82) is 0 Å². The molecule has 7 aromatic rings. The SMILES string of the molecule is COc1ccc(CC(N)C(=O)O)cc1OC.Cc1ccc(CC(N)C(=O)O)c(O)c1.Cc1ccc(O)c(CC(N)C(=O)O)c1.Cc1cccc(CC(N)C(=O)O)c1O.Cc1ccccc1CC(N)C(=O)O.NC(C(=O)O)C(O)c1cccs1.NC(Cc1ccc(O)c(Cl)c1)C(=O)O.O. The van der Waals surface area contributed by atoms with Crippen LogP contribution in [0.4, 0.5) is 0 Å². The van der Waals surface area contributed by atoms with Gasteiger partial charge in [-0.25, -0.2) is 0 Å². The van der Waals surface area contributed by atoms with Gasteiger partial charge in [-0.15, -0.1) is 11.3 Å². The Morgan fingerprint density at radius 3 is 1.30 bits per heavy atom. The molecule has 1 heterocycles. The van der Waals surface area contributed by atoms with Crippen molar-refractivity contribution in [3.05, 3.63) is 198 Å². The first-order valence-corrected chi connectivity index (χ1v) is 30.3. The Labute approximate surface area is 573 Å². The van der Waals surface area contributed by atoms with E-state index in [0.717, 1.165) is 33.4 Å². The van der Waals surface area contributed by atoms with Crippen LogP contribution in [0.2, 0.25) is 5.02 Å². The number of phenols is 4. The molecule has 0 saturated carbocycles. The molecule has 31 heteroatoms. The average molecular weight is 1410 g/mol. The monoisotopic (exact) mass is 1410 g/mol.